The van der Waals surface area contributed by atoms with Crippen LogP contribution in [0.1, 0.15) is 41.1 Å². The van der Waals surface area contributed by atoms with Gasteiger partial charge >= 0.3 is 0 Å². The molecule has 2 heterocycles. The van der Waals surface area contributed by atoms with Crippen LogP contribution in [0.3, 0.4) is 0 Å². The van der Waals surface area contributed by atoms with Gasteiger partial charge in [0.2, 0.25) is 27.5 Å². The Balaban J connectivity index is 1.29. The average molecular weight is 475 g/mol. The predicted molar refractivity (Wildman–Crippen MR) is 131 cm³/mol. The third-order valence-corrected chi connectivity index (χ3v) is 8.33. The van der Waals surface area contributed by atoms with Crippen LogP contribution >= 0.6 is 0 Å². The fourth-order valence-electron chi connectivity index (χ4n) is 4.57. The second-order valence-electron chi connectivity index (χ2n) is 8.59. The molecule has 1 aliphatic carbocycles. The summed E-state index contributed by atoms with van der Waals surface area (Å²) in [5.74, 6) is 0.737. The number of piperazine rings is 1. The van der Waals surface area contributed by atoms with E-state index in [0.29, 0.717) is 42.8 Å². The number of anilines is 1. The average Bonchev–Trinajstić information content (AvgIpc) is 3.31. The molecule has 1 fully saturated rings. The number of hydrogen-bond acceptors (Lipinski definition) is 6. The van der Waals surface area contributed by atoms with E-state index >= 15 is 0 Å². The summed E-state index contributed by atoms with van der Waals surface area (Å²) in [4.78, 5) is 6.55. The summed E-state index contributed by atoms with van der Waals surface area (Å²) in [6.45, 7) is 1.49. The summed E-state index contributed by atoms with van der Waals surface area (Å²) in [5, 5.41) is 9.54. The number of aromatic nitrogens is 1. The van der Waals surface area contributed by atoms with Crippen molar-refractivity contribution in [2.45, 2.75) is 30.6 Å². The number of nitrogens with zero attached hydrogens (tertiary/aromatic N) is 4. The van der Waals surface area contributed by atoms with Gasteiger partial charge in [-0.05, 0) is 60.6 Å². The summed E-state index contributed by atoms with van der Waals surface area (Å²) in [5.41, 5.74) is 3.63. The van der Waals surface area contributed by atoms with Crippen LogP contribution in [-0.4, -0.2) is 43.9 Å². The molecule has 3 aromatic rings. The molecule has 0 spiro atoms. The van der Waals surface area contributed by atoms with Crippen LogP contribution < -0.4 is 4.90 Å². The molecule has 0 radical (unpaired) electrons. The fourth-order valence-corrected chi connectivity index (χ4v) is 6.04. The lowest BCUT2D eigenvalue weighted by atomic mass is 9.92. The van der Waals surface area contributed by atoms with Crippen LogP contribution in [0.4, 0.5) is 5.88 Å². The van der Waals surface area contributed by atoms with Crippen molar-refractivity contribution in [3.05, 3.63) is 76.8 Å². The van der Waals surface area contributed by atoms with Gasteiger partial charge in [0.15, 0.2) is 0 Å². The first-order valence-corrected chi connectivity index (χ1v) is 13.0. The van der Waals surface area contributed by atoms with Crippen molar-refractivity contribution >= 4 is 28.1 Å². The molecule has 2 aliphatic rings. The first-order valence-electron chi connectivity index (χ1n) is 11.6. The van der Waals surface area contributed by atoms with E-state index in [2.05, 4.69) is 11.1 Å². The zero-order valence-corrected chi connectivity index (χ0v) is 19.7. The molecule has 1 aliphatic heterocycles. The fraction of sp³-hybridized carbons (Fsp3) is 0.308. The minimum atomic E-state index is -3.57. The van der Waals surface area contributed by atoms with Crippen molar-refractivity contribution in [2.75, 3.05) is 31.1 Å². The Bertz CT molecular complexity index is 1350. The quantitative estimate of drug-likeness (QED) is 0.553. The minimum absolute atomic E-state index is 0.207. The van der Waals surface area contributed by atoms with Crippen LogP contribution in [0.2, 0.25) is 0 Å². The van der Waals surface area contributed by atoms with Gasteiger partial charge in [-0.3, -0.25) is 0 Å². The third kappa shape index (κ3) is 4.49. The van der Waals surface area contributed by atoms with Gasteiger partial charge in [0.05, 0.1) is 4.90 Å². The molecule has 0 unspecified atom stereocenters. The van der Waals surface area contributed by atoms with Crippen molar-refractivity contribution in [3.8, 4) is 6.07 Å². The zero-order valence-electron chi connectivity index (χ0n) is 18.9. The lowest BCUT2D eigenvalue weighted by Gasteiger charge is -2.33. The summed E-state index contributed by atoms with van der Waals surface area (Å²) in [7, 11) is -3.57. The van der Waals surface area contributed by atoms with Crippen LogP contribution in [0.15, 0.2) is 57.8 Å². The number of aryl methyl sites for hydroxylation is 2. The van der Waals surface area contributed by atoms with Crippen molar-refractivity contribution in [1.29, 1.82) is 5.26 Å². The monoisotopic (exact) mass is 474 g/mol. The maximum absolute atomic E-state index is 13.3. The molecule has 7 nitrogen and oxygen atoms in total. The molecule has 8 heteroatoms. The van der Waals surface area contributed by atoms with Crippen LogP contribution in [0.5, 0.6) is 0 Å². The lowest BCUT2D eigenvalue weighted by Crippen LogP contribution is -2.48. The molecule has 1 saturated heterocycles. The second-order valence-corrected chi connectivity index (χ2v) is 10.5. The van der Waals surface area contributed by atoms with Gasteiger partial charge in [-0.15, -0.1) is 0 Å². The van der Waals surface area contributed by atoms with Gasteiger partial charge in [0.1, 0.15) is 6.07 Å². The number of nitriles is 1. The van der Waals surface area contributed by atoms with E-state index in [1.165, 1.54) is 9.87 Å². The molecule has 34 heavy (non-hydrogen) atoms. The van der Waals surface area contributed by atoms with Crippen molar-refractivity contribution in [2.24, 2.45) is 0 Å². The Morgan fingerprint density at radius 1 is 0.941 bits per heavy atom. The highest BCUT2D eigenvalue weighted by Crippen LogP contribution is 2.28. The highest BCUT2D eigenvalue weighted by molar-refractivity contribution is 7.89. The van der Waals surface area contributed by atoms with Crippen LogP contribution in [0, 0.1) is 11.3 Å². The van der Waals surface area contributed by atoms with E-state index in [9.17, 15) is 13.7 Å². The van der Waals surface area contributed by atoms with Crippen LogP contribution in [0.25, 0.3) is 12.2 Å². The Labute approximate surface area is 200 Å². The SMILES string of the molecule is N#Cc1nc(C=Cc2ccccc2)oc1N1CCN(S(=O)(=O)c2ccc3c(c2)CCCC3)CC1. The Morgan fingerprint density at radius 3 is 2.41 bits per heavy atom. The summed E-state index contributed by atoms with van der Waals surface area (Å²) in [6, 6.07) is 17.4. The van der Waals surface area contributed by atoms with Crippen molar-refractivity contribution in [3.63, 3.8) is 0 Å². The molecule has 0 atom stereocenters. The Hall–Kier alpha value is -3.41. The maximum atomic E-state index is 13.3. The maximum Gasteiger partial charge on any atom is 0.243 e. The van der Waals surface area contributed by atoms with Gasteiger partial charge in [-0.1, -0.05) is 36.4 Å². The van der Waals surface area contributed by atoms with E-state index < -0.39 is 10.0 Å². The summed E-state index contributed by atoms with van der Waals surface area (Å²) < 4.78 is 33.9. The number of hydrogen-bond donors (Lipinski definition) is 0. The van der Waals surface area contributed by atoms with Gasteiger partial charge in [0, 0.05) is 32.3 Å². The van der Waals surface area contributed by atoms with E-state index in [4.69, 9.17) is 4.42 Å². The molecule has 1 aromatic heterocycles. The first-order chi connectivity index (χ1) is 16.5. The van der Waals surface area contributed by atoms with Gasteiger partial charge in [0.25, 0.3) is 0 Å². The van der Waals surface area contributed by atoms with E-state index in [-0.39, 0.29) is 5.69 Å². The van der Waals surface area contributed by atoms with Gasteiger partial charge in [-0.2, -0.15) is 14.6 Å². The Kier molecular flexibility index (Phi) is 6.22. The highest BCUT2D eigenvalue weighted by atomic mass is 32.2. The number of oxazole rings is 1. The summed E-state index contributed by atoms with van der Waals surface area (Å²) in [6.07, 6.45) is 7.84. The molecule has 0 saturated carbocycles. The predicted octanol–water partition coefficient (Wildman–Crippen LogP) is 4.11. The number of rotatable bonds is 5. The number of sulfonamides is 1. The van der Waals surface area contributed by atoms with Crippen molar-refractivity contribution < 1.29 is 12.8 Å². The van der Waals surface area contributed by atoms with E-state index in [0.717, 1.165) is 36.8 Å². The molecule has 0 amide bonds. The van der Waals surface area contributed by atoms with E-state index in [1.807, 2.05) is 53.4 Å². The number of benzene rings is 2. The second kappa shape index (κ2) is 9.45. The standard InChI is InChI=1S/C26H26N4O3S/c27-19-24-26(33-25(28-24)13-10-20-6-2-1-3-7-20)29-14-16-30(17-15-29)34(31,32)23-12-11-21-8-4-5-9-22(21)18-23/h1-3,6-7,10-13,18H,4-5,8-9,14-17H2. The molecule has 5 rings (SSSR count). The molecule has 2 aromatic carbocycles. The number of fused-ring (bicyclic) bond motifs is 1. The molecular weight excluding hydrogens is 448 g/mol. The molecular formula is C26H26N4O3S. The van der Waals surface area contributed by atoms with Gasteiger partial charge < -0.3 is 9.32 Å². The van der Waals surface area contributed by atoms with Gasteiger partial charge in [-0.25, -0.2) is 8.42 Å². The smallest absolute Gasteiger partial charge is 0.243 e. The third-order valence-electron chi connectivity index (χ3n) is 6.43. The lowest BCUT2D eigenvalue weighted by molar-refractivity contribution is 0.373. The molecule has 174 valence electrons. The normalized spacial score (nSPS) is 17.0. The van der Waals surface area contributed by atoms with Crippen LogP contribution in [-0.2, 0) is 22.9 Å². The summed E-state index contributed by atoms with van der Waals surface area (Å²) >= 11 is 0. The Morgan fingerprint density at radius 2 is 1.68 bits per heavy atom. The zero-order chi connectivity index (χ0) is 23.5. The topological polar surface area (TPSA) is 90.4 Å². The van der Waals surface area contributed by atoms with Crippen molar-refractivity contribution in [1.82, 2.24) is 9.29 Å². The first kappa shape index (κ1) is 22.4. The molecule has 0 N–H and O–H groups in total. The molecule has 0 bridgehead atoms. The minimum Gasteiger partial charge on any atom is -0.420 e. The largest absolute Gasteiger partial charge is 0.420 e. The highest BCUT2D eigenvalue weighted by Gasteiger charge is 2.31. The van der Waals surface area contributed by atoms with E-state index in [1.54, 1.807) is 12.1 Å².